The molecule has 7 rings (SSSR count). The van der Waals surface area contributed by atoms with Crippen LogP contribution in [0.25, 0.3) is 33.6 Å². The molecule has 15 heteroatoms. The van der Waals surface area contributed by atoms with Crippen molar-refractivity contribution in [1.82, 2.24) is 40.4 Å². The summed E-state index contributed by atoms with van der Waals surface area (Å²) in [6.45, 7) is 2.22. The van der Waals surface area contributed by atoms with Crippen LogP contribution in [0.5, 0.6) is 0 Å². The summed E-state index contributed by atoms with van der Waals surface area (Å²) in [5.41, 5.74) is 6.46. The second kappa shape index (κ2) is 19.2. The van der Waals surface area contributed by atoms with Crippen molar-refractivity contribution in [2.24, 2.45) is 0 Å². The maximum absolute atomic E-state index is 13.9. The van der Waals surface area contributed by atoms with Gasteiger partial charge < -0.3 is 45.0 Å². The number of carbonyl (C=O) groups excluding carboxylic acids is 4. The Labute approximate surface area is 353 Å². The zero-order valence-corrected chi connectivity index (χ0v) is 34.1. The lowest BCUT2D eigenvalue weighted by Gasteiger charge is -2.28. The number of hydrogen-bond donors (Lipinski definition) is 5. The van der Waals surface area contributed by atoms with Crippen LogP contribution < -0.4 is 10.6 Å². The van der Waals surface area contributed by atoms with Gasteiger partial charge in [0.15, 0.2) is 0 Å². The monoisotopic (exact) mass is 824 g/mol. The van der Waals surface area contributed by atoms with Gasteiger partial charge in [0.1, 0.15) is 23.7 Å². The van der Waals surface area contributed by atoms with Crippen LogP contribution in [0.2, 0.25) is 0 Å². The topological polar surface area (TPSA) is 195 Å². The van der Waals surface area contributed by atoms with Crippen molar-refractivity contribution in [3.8, 4) is 33.6 Å². The molecule has 0 aliphatic carbocycles. The quantitative estimate of drug-likeness (QED) is 0.0795. The highest BCUT2D eigenvalue weighted by Crippen LogP contribution is 2.35. The van der Waals surface area contributed by atoms with E-state index in [9.17, 15) is 24.3 Å². The number of aliphatic hydroxyl groups excluding tert-OH is 1. The fraction of sp³-hybridized carbons (Fsp3) is 0.261. The van der Waals surface area contributed by atoms with Crippen LogP contribution in [0.1, 0.15) is 60.7 Å². The Balaban J connectivity index is 1.01. The standard InChI is InChI=1S/C46H48N8O7/c1-29(55)27-53(43(56)40(51-45(58)60-2)34-11-6-4-7-12-34)28-39-47-25-36(49-39)32-20-16-30(17-21-32)31-18-22-33(23-19-31)37-26-48-42(50-37)38-15-10-24-54(38)44(57)41(52-46(59)61-3)35-13-8-5-9-14-35/h4-9,11-14,16-23,25-26,29,38,40-41,55H,10,15,24,27-28H2,1-3H3,(H,47,49)(H,48,50)(H,51,58)(H,52,59)/t29-,38+,40-,41-/m1/s1. The minimum Gasteiger partial charge on any atom is -0.453 e. The van der Waals surface area contributed by atoms with Gasteiger partial charge in [0, 0.05) is 36.6 Å². The van der Waals surface area contributed by atoms with Gasteiger partial charge >= 0.3 is 12.2 Å². The molecule has 1 aliphatic heterocycles. The molecule has 0 bridgehead atoms. The number of nitrogens with one attached hydrogen (secondary N) is 4. The average Bonchev–Trinajstić information content (AvgIpc) is 4.09. The van der Waals surface area contributed by atoms with E-state index in [4.69, 9.17) is 19.4 Å². The molecule has 0 saturated carbocycles. The Morgan fingerprint density at radius 2 is 1.25 bits per heavy atom. The highest BCUT2D eigenvalue weighted by Gasteiger charge is 2.37. The smallest absolute Gasteiger partial charge is 0.407 e. The van der Waals surface area contributed by atoms with Gasteiger partial charge in [-0.2, -0.15) is 0 Å². The van der Waals surface area contributed by atoms with Crippen LogP contribution in [0, 0.1) is 0 Å². The molecule has 4 amide bonds. The van der Waals surface area contributed by atoms with E-state index < -0.39 is 36.3 Å². The van der Waals surface area contributed by atoms with Crippen molar-refractivity contribution < 1.29 is 33.8 Å². The number of benzene rings is 4. The van der Waals surface area contributed by atoms with E-state index in [-0.39, 0.29) is 25.0 Å². The van der Waals surface area contributed by atoms with Gasteiger partial charge in [0.05, 0.1) is 44.3 Å². The van der Waals surface area contributed by atoms with Gasteiger partial charge in [-0.1, -0.05) is 109 Å². The summed E-state index contributed by atoms with van der Waals surface area (Å²) in [4.78, 5) is 71.5. The van der Waals surface area contributed by atoms with Crippen LogP contribution in [0.15, 0.2) is 122 Å². The number of imidazole rings is 2. The fourth-order valence-electron chi connectivity index (χ4n) is 7.53. The minimum atomic E-state index is -1.03. The number of ether oxygens (including phenoxy) is 2. The summed E-state index contributed by atoms with van der Waals surface area (Å²) >= 11 is 0. The number of aromatic nitrogens is 4. The molecular weight excluding hydrogens is 777 g/mol. The number of H-pyrrole nitrogens is 2. The van der Waals surface area contributed by atoms with Gasteiger partial charge in [0.25, 0.3) is 5.91 Å². The summed E-state index contributed by atoms with van der Waals surface area (Å²) in [6.07, 6.45) is 2.89. The molecule has 4 aromatic carbocycles. The molecule has 314 valence electrons. The lowest BCUT2D eigenvalue weighted by molar-refractivity contribution is -0.136. The van der Waals surface area contributed by atoms with E-state index in [0.717, 1.165) is 40.8 Å². The number of methoxy groups -OCH3 is 2. The molecular formula is C46H48N8O7. The van der Waals surface area contributed by atoms with Crippen molar-refractivity contribution in [2.45, 2.75) is 50.5 Å². The molecule has 1 fully saturated rings. The Kier molecular flexibility index (Phi) is 13.2. The largest absolute Gasteiger partial charge is 0.453 e. The first-order valence-corrected chi connectivity index (χ1v) is 20.0. The van der Waals surface area contributed by atoms with E-state index in [2.05, 4.69) is 20.6 Å². The number of likely N-dealkylation sites (tertiary alicyclic amines) is 1. The van der Waals surface area contributed by atoms with Crippen LogP contribution in [0.3, 0.4) is 0 Å². The van der Waals surface area contributed by atoms with Crippen molar-refractivity contribution in [3.05, 3.63) is 144 Å². The number of aliphatic hydroxyl groups is 1. The highest BCUT2D eigenvalue weighted by molar-refractivity contribution is 5.88. The van der Waals surface area contributed by atoms with Crippen molar-refractivity contribution in [2.75, 3.05) is 27.3 Å². The lowest BCUT2D eigenvalue weighted by atomic mass is 10.0. The summed E-state index contributed by atoms with van der Waals surface area (Å²) < 4.78 is 9.60. The first-order valence-electron chi connectivity index (χ1n) is 20.0. The molecule has 0 radical (unpaired) electrons. The molecule has 3 heterocycles. The number of hydrogen-bond acceptors (Lipinski definition) is 9. The predicted octanol–water partition coefficient (Wildman–Crippen LogP) is 6.70. The lowest BCUT2D eigenvalue weighted by Crippen LogP contribution is -2.45. The molecule has 6 aromatic rings. The zero-order chi connectivity index (χ0) is 42.9. The van der Waals surface area contributed by atoms with Crippen LogP contribution in [-0.2, 0) is 25.6 Å². The summed E-state index contributed by atoms with van der Waals surface area (Å²) in [5.74, 6) is 0.542. The Hall–Kier alpha value is -7.26. The first kappa shape index (κ1) is 41.9. The maximum atomic E-state index is 13.9. The second-order valence-electron chi connectivity index (χ2n) is 14.8. The number of nitrogens with zero attached hydrogens (tertiary/aromatic N) is 4. The van der Waals surface area contributed by atoms with Crippen molar-refractivity contribution >= 4 is 24.0 Å². The van der Waals surface area contributed by atoms with Crippen LogP contribution >= 0.6 is 0 Å². The summed E-state index contributed by atoms with van der Waals surface area (Å²) in [7, 11) is 2.50. The molecule has 1 aliphatic rings. The number of aromatic amines is 2. The third kappa shape index (κ3) is 9.96. The molecule has 5 N–H and O–H groups in total. The summed E-state index contributed by atoms with van der Waals surface area (Å²) in [6, 6.07) is 31.8. The predicted molar refractivity (Wildman–Crippen MR) is 227 cm³/mol. The second-order valence-corrected chi connectivity index (χ2v) is 14.8. The number of alkyl carbamates (subject to hydrolysis) is 2. The Bertz CT molecular complexity index is 2420. The van der Waals surface area contributed by atoms with Crippen molar-refractivity contribution in [1.29, 1.82) is 0 Å². The highest BCUT2D eigenvalue weighted by atomic mass is 16.5. The van der Waals surface area contributed by atoms with Gasteiger partial charge in [0.2, 0.25) is 5.91 Å². The fourth-order valence-corrected chi connectivity index (χ4v) is 7.53. The van der Waals surface area contributed by atoms with E-state index in [0.29, 0.717) is 35.0 Å². The molecule has 2 aromatic heterocycles. The first-order chi connectivity index (χ1) is 29.6. The summed E-state index contributed by atoms with van der Waals surface area (Å²) in [5, 5.41) is 15.6. The maximum Gasteiger partial charge on any atom is 0.407 e. The van der Waals surface area contributed by atoms with E-state index in [1.54, 1.807) is 42.3 Å². The van der Waals surface area contributed by atoms with Crippen LogP contribution in [-0.4, -0.2) is 92.3 Å². The van der Waals surface area contributed by atoms with E-state index in [1.165, 1.54) is 19.1 Å². The SMILES string of the molecule is COC(=O)N[C@@H](C(=O)N(Cc1nc(-c2ccc(-c3ccc(-c4c[nH]c([C@@H]5CCCN5C(=O)[C@H](NC(=O)OC)c5ccccc5)n4)cc3)cc2)c[nH]1)C[C@@H](C)O)c1ccccc1. The Morgan fingerprint density at radius 3 is 1.80 bits per heavy atom. The van der Waals surface area contributed by atoms with Crippen molar-refractivity contribution in [3.63, 3.8) is 0 Å². The van der Waals surface area contributed by atoms with E-state index in [1.807, 2.05) is 91.1 Å². The number of amides is 4. The van der Waals surface area contributed by atoms with Gasteiger partial charge in [-0.25, -0.2) is 19.6 Å². The molecule has 15 nitrogen and oxygen atoms in total. The van der Waals surface area contributed by atoms with Crippen LogP contribution in [0.4, 0.5) is 9.59 Å². The zero-order valence-electron chi connectivity index (χ0n) is 34.1. The Morgan fingerprint density at radius 1 is 0.738 bits per heavy atom. The third-order valence-electron chi connectivity index (χ3n) is 10.6. The third-order valence-corrected chi connectivity index (χ3v) is 10.6. The molecule has 4 atom stereocenters. The van der Waals surface area contributed by atoms with Gasteiger partial charge in [-0.15, -0.1) is 0 Å². The van der Waals surface area contributed by atoms with Gasteiger partial charge in [-0.05, 0) is 42.0 Å². The van der Waals surface area contributed by atoms with Gasteiger partial charge in [-0.3, -0.25) is 9.59 Å². The molecule has 1 saturated heterocycles. The van der Waals surface area contributed by atoms with E-state index >= 15 is 0 Å². The number of carbonyl (C=O) groups is 4. The normalized spacial score (nSPS) is 15.0. The molecule has 0 spiro atoms. The minimum absolute atomic E-state index is 0.0171. The molecule has 0 unspecified atom stereocenters. The number of rotatable bonds is 14. The molecule has 61 heavy (non-hydrogen) atoms. The average molecular weight is 825 g/mol.